The Kier molecular flexibility index (Phi) is 12.0. The van der Waals surface area contributed by atoms with Gasteiger partial charge in [-0.2, -0.15) is 4.31 Å². The van der Waals surface area contributed by atoms with Gasteiger partial charge in [-0.05, 0) is 75.6 Å². The maximum absolute atomic E-state index is 14.1. The van der Waals surface area contributed by atoms with Crippen LogP contribution in [0.1, 0.15) is 50.4 Å². The largest absolute Gasteiger partial charge is 0.497 e. The molecule has 10 nitrogen and oxygen atoms in total. The standard InChI is InChI=1S/C31H47N3O7S/c1-22-19-34(23(2)21-35)31(36)28-18-25(32(4)5)11-16-29(28)41-24(3)10-8-9-17-40-30(22)20-33(6)42(37,38)27-14-12-26(39-7)13-15-27/h11-16,18,22-24,30,35H,8-10,17,19-21H2,1-7H3/t22-,23-,24-,30+/m0/s1. The van der Waals surface area contributed by atoms with E-state index in [-0.39, 0.29) is 42.5 Å². The fourth-order valence-corrected chi connectivity index (χ4v) is 6.11. The van der Waals surface area contributed by atoms with E-state index in [2.05, 4.69) is 0 Å². The van der Waals surface area contributed by atoms with E-state index in [0.717, 1.165) is 24.9 Å². The zero-order valence-corrected chi connectivity index (χ0v) is 26.8. The SMILES string of the molecule is COc1ccc(S(=O)(=O)N(C)C[C@H]2OCCCC[C@H](C)Oc3ccc(N(C)C)cc3C(=O)N([C@@H](C)CO)C[C@@H]2C)cc1. The molecule has 0 saturated heterocycles. The van der Waals surface area contributed by atoms with E-state index >= 15 is 0 Å². The third-order valence-electron chi connectivity index (χ3n) is 7.76. The van der Waals surface area contributed by atoms with E-state index in [1.165, 1.54) is 30.6 Å². The average molecular weight is 606 g/mol. The summed E-state index contributed by atoms with van der Waals surface area (Å²) >= 11 is 0. The quantitative estimate of drug-likeness (QED) is 0.483. The average Bonchev–Trinajstić information content (AvgIpc) is 2.97. The first-order valence-electron chi connectivity index (χ1n) is 14.5. The fraction of sp³-hybridized carbons (Fsp3) is 0.581. The number of likely N-dealkylation sites (N-methyl/N-ethyl adjacent to an activating group) is 1. The molecule has 0 saturated carbocycles. The van der Waals surface area contributed by atoms with Crippen LogP contribution in [0.4, 0.5) is 5.69 Å². The van der Waals surface area contributed by atoms with Crippen molar-refractivity contribution in [3.8, 4) is 11.5 Å². The van der Waals surface area contributed by atoms with Crippen LogP contribution < -0.4 is 14.4 Å². The van der Waals surface area contributed by atoms with Crippen molar-refractivity contribution in [3.05, 3.63) is 48.0 Å². The highest BCUT2D eigenvalue weighted by molar-refractivity contribution is 7.89. The van der Waals surface area contributed by atoms with E-state index in [9.17, 15) is 18.3 Å². The van der Waals surface area contributed by atoms with Gasteiger partial charge in [-0.3, -0.25) is 4.79 Å². The minimum Gasteiger partial charge on any atom is -0.497 e. The van der Waals surface area contributed by atoms with Gasteiger partial charge in [0, 0.05) is 52.4 Å². The minimum absolute atomic E-state index is 0.103. The number of fused-ring (bicyclic) bond motifs is 1. The van der Waals surface area contributed by atoms with Crippen molar-refractivity contribution in [1.82, 2.24) is 9.21 Å². The number of aliphatic hydroxyl groups is 1. The molecule has 234 valence electrons. The number of sulfonamides is 1. The Morgan fingerprint density at radius 2 is 1.79 bits per heavy atom. The topological polar surface area (TPSA) is 109 Å². The van der Waals surface area contributed by atoms with Crippen LogP contribution in [-0.4, -0.2) is 101 Å². The zero-order chi connectivity index (χ0) is 31.0. The van der Waals surface area contributed by atoms with E-state index in [4.69, 9.17) is 14.2 Å². The van der Waals surface area contributed by atoms with Gasteiger partial charge >= 0.3 is 0 Å². The van der Waals surface area contributed by atoms with Crippen LogP contribution in [0.15, 0.2) is 47.4 Å². The van der Waals surface area contributed by atoms with Crippen molar-refractivity contribution in [3.63, 3.8) is 0 Å². The highest BCUT2D eigenvalue weighted by Gasteiger charge is 2.32. The second-order valence-corrected chi connectivity index (χ2v) is 13.4. The summed E-state index contributed by atoms with van der Waals surface area (Å²) in [5.41, 5.74) is 1.28. The number of benzene rings is 2. The molecule has 3 rings (SSSR count). The van der Waals surface area contributed by atoms with Crippen LogP contribution in [0.25, 0.3) is 0 Å². The molecule has 11 heteroatoms. The van der Waals surface area contributed by atoms with Crippen LogP contribution in [0.5, 0.6) is 11.5 Å². The van der Waals surface area contributed by atoms with Crippen LogP contribution in [0, 0.1) is 5.92 Å². The second-order valence-electron chi connectivity index (χ2n) is 11.3. The number of ether oxygens (including phenoxy) is 3. The Morgan fingerprint density at radius 3 is 2.40 bits per heavy atom. The van der Waals surface area contributed by atoms with Crippen molar-refractivity contribution in [1.29, 1.82) is 0 Å². The molecule has 0 aliphatic carbocycles. The van der Waals surface area contributed by atoms with Gasteiger partial charge in [0.05, 0.1) is 42.4 Å². The number of methoxy groups -OCH3 is 1. The summed E-state index contributed by atoms with van der Waals surface area (Å²) in [6.45, 7) is 6.31. The number of nitrogens with zero attached hydrogens (tertiary/aromatic N) is 3. The Bertz CT molecular complexity index is 1270. The number of carbonyl (C=O) groups is 1. The molecular formula is C31H47N3O7S. The number of amides is 1. The van der Waals surface area contributed by atoms with E-state index in [1.807, 2.05) is 51.0 Å². The third kappa shape index (κ3) is 8.37. The van der Waals surface area contributed by atoms with Gasteiger partial charge in [-0.1, -0.05) is 6.92 Å². The zero-order valence-electron chi connectivity index (χ0n) is 25.9. The first-order chi connectivity index (χ1) is 19.9. The van der Waals surface area contributed by atoms with Crippen molar-refractivity contribution in [2.24, 2.45) is 5.92 Å². The predicted octanol–water partition coefficient (Wildman–Crippen LogP) is 3.88. The van der Waals surface area contributed by atoms with Crippen molar-refractivity contribution >= 4 is 21.6 Å². The predicted molar refractivity (Wildman–Crippen MR) is 164 cm³/mol. The first-order valence-corrected chi connectivity index (χ1v) is 15.9. The number of anilines is 1. The van der Waals surface area contributed by atoms with Gasteiger partial charge in [0.25, 0.3) is 5.91 Å². The van der Waals surface area contributed by atoms with E-state index < -0.39 is 22.2 Å². The monoisotopic (exact) mass is 605 g/mol. The molecule has 4 atom stereocenters. The smallest absolute Gasteiger partial charge is 0.258 e. The van der Waals surface area contributed by atoms with Gasteiger partial charge in [0.1, 0.15) is 11.5 Å². The van der Waals surface area contributed by atoms with Gasteiger partial charge in [0.2, 0.25) is 10.0 Å². The molecule has 0 unspecified atom stereocenters. The lowest BCUT2D eigenvalue weighted by molar-refractivity contribution is -0.00833. The summed E-state index contributed by atoms with van der Waals surface area (Å²) in [4.78, 5) is 17.8. The molecule has 0 aromatic heterocycles. The molecule has 2 aromatic carbocycles. The van der Waals surface area contributed by atoms with Gasteiger partial charge in [0.15, 0.2) is 0 Å². The Balaban J connectivity index is 1.95. The first kappa shape index (κ1) is 33.6. The van der Waals surface area contributed by atoms with Crippen LogP contribution in [0.2, 0.25) is 0 Å². The molecule has 1 N–H and O–H groups in total. The van der Waals surface area contributed by atoms with Gasteiger partial charge < -0.3 is 29.1 Å². The molecule has 1 amide bonds. The summed E-state index contributed by atoms with van der Waals surface area (Å²) < 4.78 is 45.9. The van der Waals surface area contributed by atoms with Crippen LogP contribution in [-0.2, 0) is 14.8 Å². The minimum atomic E-state index is -3.80. The van der Waals surface area contributed by atoms with Gasteiger partial charge in [-0.15, -0.1) is 0 Å². The highest BCUT2D eigenvalue weighted by atomic mass is 32.2. The second kappa shape index (κ2) is 15.0. The summed E-state index contributed by atoms with van der Waals surface area (Å²) in [7, 11) is 3.09. The number of aliphatic hydroxyl groups excluding tert-OH is 1. The summed E-state index contributed by atoms with van der Waals surface area (Å²) in [5.74, 6) is 0.571. The van der Waals surface area contributed by atoms with Crippen LogP contribution in [0.3, 0.4) is 0 Å². The molecule has 1 aliphatic rings. The lowest BCUT2D eigenvalue weighted by atomic mass is 10.0. The van der Waals surface area contributed by atoms with Crippen molar-refractivity contribution < 1.29 is 32.5 Å². The Hall–Kier alpha value is -2.86. The lowest BCUT2D eigenvalue weighted by Crippen LogP contribution is -2.48. The van der Waals surface area contributed by atoms with E-state index in [0.29, 0.717) is 23.7 Å². The molecule has 0 radical (unpaired) electrons. The Morgan fingerprint density at radius 1 is 1.10 bits per heavy atom. The summed E-state index contributed by atoms with van der Waals surface area (Å²) in [6, 6.07) is 11.4. The van der Waals surface area contributed by atoms with Crippen LogP contribution >= 0.6 is 0 Å². The summed E-state index contributed by atoms with van der Waals surface area (Å²) in [5, 5.41) is 10.1. The molecule has 1 heterocycles. The van der Waals surface area contributed by atoms with E-state index in [1.54, 1.807) is 24.0 Å². The molecule has 42 heavy (non-hydrogen) atoms. The van der Waals surface area contributed by atoms with Gasteiger partial charge in [-0.25, -0.2) is 8.42 Å². The molecule has 0 bridgehead atoms. The van der Waals surface area contributed by atoms with Crippen molar-refractivity contribution in [2.45, 2.75) is 63.2 Å². The fourth-order valence-electron chi connectivity index (χ4n) is 4.93. The molecule has 0 spiro atoms. The van der Waals surface area contributed by atoms with Crippen molar-refractivity contribution in [2.75, 3.05) is 59.5 Å². The Labute approximate surface area is 251 Å². The number of hydrogen-bond donors (Lipinski definition) is 1. The maximum atomic E-state index is 14.1. The molecule has 1 aliphatic heterocycles. The molecule has 0 fully saturated rings. The normalized spacial score (nSPS) is 21.7. The number of carbonyl (C=O) groups excluding carboxylic acids is 1. The number of hydrogen-bond acceptors (Lipinski definition) is 8. The maximum Gasteiger partial charge on any atom is 0.258 e. The molecule has 2 aromatic rings. The highest BCUT2D eigenvalue weighted by Crippen LogP contribution is 2.29. The molecular weight excluding hydrogens is 558 g/mol. The summed E-state index contributed by atoms with van der Waals surface area (Å²) in [6.07, 6.45) is 1.80. The lowest BCUT2D eigenvalue weighted by Gasteiger charge is -2.35. The third-order valence-corrected chi connectivity index (χ3v) is 9.59. The number of rotatable bonds is 8.